The summed E-state index contributed by atoms with van der Waals surface area (Å²) in [6.07, 6.45) is 4.93. The smallest absolute Gasteiger partial charge is 0.325 e. The van der Waals surface area contributed by atoms with Gasteiger partial charge < -0.3 is 10.5 Å². The van der Waals surface area contributed by atoms with E-state index in [2.05, 4.69) is 0 Å². The molecule has 15 heavy (non-hydrogen) atoms. The van der Waals surface area contributed by atoms with E-state index in [1.807, 2.05) is 13.8 Å². The van der Waals surface area contributed by atoms with Gasteiger partial charge in [-0.15, -0.1) is 0 Å². The van der Waals surface area contributed by atoms with Gasteiger partial charge in [0, 0.05) is 0 Å². The molecule has 3 nitrogen and oxygen atoms in total. The van der Waals surface area contributed by atoms with Crippen molar-refractivity contribution in [3.63, 3.8) is 0 Å². The predicted molar refractivity (Wildman–Crippen MR) is 62.5 cm³/mol. The molecule has 1 saturated carbocycles. The highest BCUT2D eigenvalue weighted by molar-refractivity contribution is 5.79. The average molecular weight is 215 g/mol. The number of ether oxygens (including phenoxy) is 1. The van der Waals surface area contributed by atoms with Gasteiger partial charge in [-0.2, -0.15) is 0 Å². The molecule has 0 aromatic carbocycles. The molecule has 1 aliphatic rings. The summed E-state index contributed by atoms with van der Waals surface area (Å²) in [5.41, 5.74) is 4.74. The fourth-order valence-corrected chi connectivity index (χ4v) is 1.56. The van der Waals surface area contributed by atoms with Crippen LogP contribution in [0.3, 0.4) is 0 Å². The Morgan fingerprint density at radius 3 is 2.20 bits per heavy atom. The van der Waals surface area contributed by atoms with Crippen LogP contribution in [0.1, 0.15) is 53.4 Å². The Morgan fingerprint density at radius 1 is 1.33 bits per heavy atom. The number of hydrogen-bond acceptors (Lipinski definition) is 3. The van der Waals surface area contributed by atoms with Crippen molar-refractivity contribution in [1.29, 1.82) is 0 Å². The van der Waals surface area contributed by atoms with E-state index in [0.29, 0.717) is 12.5 Å². The summed E-state index contributed by atoms with van der Waals surface area (Å²) in [7, 11) is 0. The van der Waals surface area contributed by atoms with Crippen LogP contribution in [0.5, 0.6) is 0 Å². The Hall–Kier alpha value is -0.570. The zero-order valence-corrected chi connectivity index (χ0v) is 10.5. The topological polar surface area (TPSA) is 52.3 Å². The van der Waals surface area contributed by atoms with Crippen molar-refractivity contribution in [1.82, 2.24) is 0 Å². The van der Waals surface area contributed by atoms with E-state index >= 15 is 0 Å². The van der Waals surface area contributed by atoms with Crippen molar-refractivity contribution in [2.45, 2.75) is 58.9 Å². The maximum absolute atomic E-state index is 11.3. The van der Waals surface area contributed by atoms with Crippen LogP contribution < -0.4 is 5.73 Å². The average Bonchev–Trinajstić information content (AvgIpc) is 2.68. The number of esters is 1. The van der Waals surface area contributed by atoms with Crippen molar-refractivity contribution in [2.75, 3.05) is 6.61 Å². The Bertz CT molecular complexity index is 179. The summed E-state index contributed by atoms with van der Waals surface area (Å²) < 4.78 is 5.13. The van der Waals surface area contributed by atoms with Crippen LogP contribution in [0.15, 0.2) is 0 Å². The minimum Gasteiger partial charge on any atom is -0.464 e. The molecule has 2 N–H and O–H groups in total. The van der Waals surface area contributed by atoms with Crippen molar-refractivity contribution in [3.8, 4) is 0 Å². The first-order valence-corrected chi connectivity index (χ1v) is 5.96. The zero-order chi connectivity index (χ0) is 11.9. The summed E-state index contributed by atoms with van der Waals surface area (Å²) in [6, 6.07) is 0. The molecular weight excluding hydrogens is 190 g/mol. The molecule has 1 rings (SSSR count). The van der Waals surface area contributed by atoms with Crippen molar-refractivity contribution < 1.29 is 9.53 Å². The van der Waals surface area contributed by atoms with Gasteiger partial charge in [0.15, 0.2) is 0 Å². The van der Waals surface area contributed by atoms with E-state index in [1.165, 1.54) is 25.7 Å². The summed E-state index contributed by atoms with van der Waals surface area (Å²) in [4.78, 5) is 11.3. The van der Waals surface area contributed by atoms with E-state index in [9.17, 15) is 4.79 Å². The van der Waals surface area contributed by atoms with E-state index in [-0.39, 0.29) is 5.97 Å². The number of rotatable bonds is 3. The minimum absolute atomic E-state index is 0.292. The van der Waals surface area contributed by atoms with Gasteiger partial charge in [0.2, 0.25) is 0 Å². The third kappa shape index (κ3) is 5.78. The highest BCUT2D eigenvalue weighted by Gasteiger charge is 2.25. The summed E-state index contributed by atoms with van der Waals surface area (Å²) in [5, 5.41) is 0. The van der Waals surface area contributed by atoms with Crippen LogP contribution in [-0.4, -0.2) is 18.1 Å². The molecule has 0 amide bonds. The van der Waals surface area contributed by atoms with E-state index in [1.54, 1.807) is 13.8 Å². The molecule has 0 aromatic heterocycles. The predicted octanol–water partition coefficient (Wildman–Crippen LogP) is 2.48. The Balaban J connectivity index is 0.000000921. The second-order valence-corrected chi connectivity index (χ2v) is 4.47. The van der Waals surface area contributed by atoms with Crippen LogP contribution in [0, 0.1) is 5.92 Å². The molecule has 0 unspecified atom stereocenters. The van der Waals surface area contributed by atoms with Gasteiger partial charge in [0.25, 0.3) is 0 Å². The molecule has 0 heterocycles. The molecule has 1 fully saturated rings. The van der Waals surface area contributed by atoms with E-state index in [0.717, 1.165) is 0 Å². The largest absolute Gasteiger partial charge is 0.464 e. The number of nitrogens with two attached hydrogens (primary N) is 1. The number of carbonyl (C=O) groups is 1. The first kappa shape index (κ1) is 14.4. The van der Waals surface area contributed by atoms with Crippen LogP contribution >= 0.6 is 0 Å². The van der Waals surface area contributed by atoms with Gasteiger partial charge in [-0.25, -0.2) is 0 Å². The Kier molecular flexibility index (Phi) is 6.57. The molecule has 0 radical (unpaired) electrons. The quantitative estimate of drug-likeness (QED) is 0.736. The van der Waals surface area contributed by atoms with Crippen LogP contribution in [0.4, 0.5) is 0 Å². The normalized spacial score (nSPS) is 16.9. The fourth-order valence-electron chi connectivity index (χ4n) is 1.56. The fraction of sp³-hybridized carbons (Fsp3) is 0.917. The second-order valence-electron chi connectivity index (χ2n) is 4.47. The number of carbonyl (C=O) groups excluding carboxylic acids is 1. The van der Waals surface area contributed by atoms with Crippen LogP contribution in [0.25, 0.3) is 0 Å². The molecule has 0 saturated heterocycles. The molecular formula is C12H25NO2. The second kappa shape index (κ2) is 6.83. The molecule has 0 bridgehead atoms. The lowest BCUT2D eigenvalue weighted by atomic mass is 10.1. The summed E-state index contributed by atoms with van der Waals surface area (Å²) >= 11 is 0. The minimum atomic E-state index is -0.849. The van der Waals surface area contributed by atoms with Crippen molar-refractivity contribution in [3.05, 3.63) is 0 Å². The molecule has 0 spiro atoms. The third-order valence-corrected chi connectivity index (χ3v) is 2.45. The first-order chi connectivity index (χ1) is 7.00. The molecule has 1 aliphatic carbocycles. The highest BCUT2D eigenvalue weighted by Crippen LogP contribution is 2.24. The van der Waals surface area contributed by atoms with Crippen molar-refractivity contribution in [2.24, 2.45) is 11.7 Å². The summed E-state index contributed by atoms with van der Waals surface area (Å²) in [5.74, 6) is 0.283. The van der Waals surface area contributed by atoms with Crippen LogP contribution in [-0.2, 0) is 9.53 Å². The van der Waals surface area contributed by atoms with Crippen molar-refractivity contribution >= 4 is 5.97 Å². The van der Waals surface area contributed by atoms with E-state index in [4.69, 9.17) is 10.5 Å². The van der Waals surface area contributed by atoms with Gasteiger partial charge >= 0.3 is 5.97 Å². The maximum atomic E-state index is 11.3. The lowest BCUT2D eigenvalue weighted by molar-refractivity contribution is -0.150. The number of hydrogen-bond donors (Lipinski definition) is 1. The first-order valence-electron chi connectivity index (χ1n) is 5.96. The molecule has 0 atom stereocenters. The Labute approximate surface area is 93.4 Å². The van der Waals surface area contributed by atoms with Gasteiger partial charge in [0.1, 0.15) is 5.54 Å². The lowest BCUT2D eigenvalue weighted by Gasteiger charge is -2.18. The standard InChI is InChI=1S/C10H19NO2.C2H6/c1-10(2,11)9(12)13-7-8-5-3-4-6-8;1-2/h8H,3-7,11H2,1-2H3;1-2H3. The molecule has 0 aliphatic heterocycles. The summed E-state index contributed by atoms with van der Waals surface area (Å²) in [6.45, 7) is 7.90. The van der Waals surface area contributed by atoms with E-state index < -0.39 is 5.54 Å². The molecule has 90 valence electrons. The molecule has 3 heteroatoms. The maximum Gasteiger partial charge on any atom is 0.325 e. The van der Waals surface area contributed by atoms with Gasteiger partial charge in [0.05, 0.1) is 6.61 Å². The lowest BCUT2D eigenvalue weighted by Crippen LogP contribution is -2.43. The van der Waals surface area contributed by atoms with Gasteiger partial charge in [-0.1, -0.05) is 26.7 Å². The highest BCUT2D eigenvalue weighted by atomic mass is 16.5. The zero-order valence-electron chi connectivity index (χ0n) is 10.5. The van der Waals surface area contributed by atoms with Crippen LogP contribution in [0.2, 0.25) is 0 Å². The third-order valence-electron chi connectivity index (χ3n) is 2.45. The monoisotopic (exact) mass is 215 g/mol. The molecule has 0 aromatic rings. The SMILES string of the molecule is CC.CC(C)(N)C(=O)OCC1CCCC1. The van der Waals surface area contributed by atoms with Gasteiger partial charge in [-0.3, -0.25) is 4.79 Å². The Morgan fingerprint density at radius 2 is 1.80 bits per heavy atom. The van der Waals surface area contributed by atoms with Gasteiger partial charge in [-0.05, 0) is 32.6 Å².